The van der Waals surface area contributed by atoms with Gasteiger partial charge >= 0.3 is 0 Å². The summed E-state index contributed by atoms with van der Waals surface area (Å²) < 4.78 is 0. The molecule has 2 aromatic carbocycles. The molecule has 3 aromatic rings. The van der Waals surface area contributed by atoms with E-state index in [1.165, 1.54) is 10.9 Å². The largest absolute Gasteiger partial charge is 0.356 e. The highest BCUT2D eigenvalue weighted by atomic mass is 16.2. The van der Waals surface area contributed by atoms with Crippen LogP contribution in [0.3, 0.4) is 0 Å². The maximum atomic E-state index is 12.4. The summed E-state index contributed by atoms with van der Waals surface area (Å²) in [7, 11) is 0. The fourth-order valence-corrected chi connectivity index (χ4v) is 3.61. The number of para-hydroxylation sites is 1. The standard InChI is InChI=1S/C19H19N3O/c20-12-17(23)22-11-10-15-14-8-4-5-9-16(14)21-18(15)19(22)13-6-2-1-3-7-13/h1-9,19,21H,10-12,20H2/t19-/m0/s1. The number of nitrogens with zero attached hydrogens (tertiary/aromatic N) is 1. The summed E-state index contributed by atoms with van der Waals surface area (Å²) in [6.45, 7) is 0.739. The number of nitrogens with two attached hydrogens (primary N) is 1. The van der Waals surface area contributed by atoms with Gasteiger partial charge in [-0.15, -0.1) is 0 Å². The third kappa shape index (κ3) is 2.23. The van der Waals surface area contributed by atoms with Gasteiger partial charge < -0.3 is 15.6 Å². The second-order valence-electron chi connectivity index (χ2n) is 5.92. The number of carbonyl (C=O) groups excluding carboxylic acids is 1. The van der Waals surface area contributed by atoms with Crippen LogP contribution < -0.4 is 5.73 Å². The van der Waals surface area contributed by atoms with Crippen LogP contribution in [-0.4, -0.2) is 28.9 Å². The zero-order valence-corrected chi connectivity index (χ0v) is 12.8. The molecular formula is C19H19N3O. The molecule has 0 radical (unpaired) electrons. The fraction of sp³-hybridized carbons (Fsp3) is 0.211. The molecule has 0 saturated carbocycles. The summed E-state index contributed by atoms with van der Waals surface area (Å²) in [4.78, 5) is 17.8. The first-order chi connectivity index (χ1) is 11.3. The van der Waals surface area contributed by atoms with Crippen LogP contribution >= 0.6 is 0 Å². The Hall–Kier alpha value is -2.59. The molecule has 1 aliphatic heterocycles. The zero-order chi connectivity index (χ0) is 15.8. The molecule has 0 bridgehead atoms. The Labute approximate surface area is 134 Å². The SMILES string of the molecule is NCC(=O)N1CCc2c([nH]c3ccccc23)[C@@H]1c1ccccc1. The van der Waals surface area contributed by atoms with Crippen molar-refractivity contribution in [2.45, 2.75) is 12.5 Å². The van der Waals surface area contributed by atoms with E-state index in [9.17, 15) is 4.79 Å². The summed E-state index contributed by atoms with van der Waals surface area (Å²) in [6.07, 6.45) is 0.856. The van der Waals surface area contributed by atoms with Crippen molar-refractivity contribution >= 4 is 16.8 Å². The van der Waals surface area contributed by atoms with Gasteiger partial charge in [0.1, 0.15) is 0 Å². The molecule has 2 heterocycles. The minimum Gasteiger partial charge on any atom is -0.356 e. The molecule has 1 atom stereocenters. The van der Waals surface area contributed by atoms with E-state index in [1.54, 1.807) is 0 Å². The first-order valence-corrected chi connectivity index (χ1v) is 7.93. The maximum Gasteiger partial charge on any atom is 0.237 e. The van der Waals surface area contributed by atoms with Crippen LogP contribution in [0, 0.1) is 0 Å². The molecule has 4 rings (SSSR count). The average molecular weight is 305 g/mol. The van der Waals surface area contributed by atoms with Gasteiger partial charge in [0.05, 0.1) is 12.6 Å². The first-order valence-electron chi connectivity index (χ1n) is 7.93. The van der Waals surface area contributed by atoms with Crippen LogP contribution in [-0.2, 0) is 11.2 Å². The number of rotatable bonds is 2. The molecule has 4 heteroatoms. The van der Waals surface area contributed by atoms with E-state index >= 15 is 0 Å². The molecule has 3 N–H and O–H groups in total. The van der Waals surface area contributed by atoms with Gasteiger partial charge in [-0.3, -0.25) is 4.79 Å². The number of H-pyrrole nitrogens is 1. The van der Waals surface area contributed by atoms with Crippen molar-refractivity contribution in [2.24, 2.45) is 5.73 Å². The van der Waals surface area contributed by atoms with E-state index in [4.69, 9.17) is 5.73 Å². The third-order valence-corrected chi connectivity index (χ3v) is 4.64. The van der Waals surface area contributed by atoms with E-state index in [2.05, 4.69) is 35.3 Å². The number of benzene rings is 2. The molecule has 4 nitrogen and oxygen atoms in total. The van der Waals surface area contributed by atoms with Crippen molar-refractivity contribution in [3.63, 3.8) is 0 Å². The van der Waals surface area contributed by atoms with Crippen LogP contribution in [0.2, 0.25) is 0 Å². The molecular weight excluding hydrogens is 286 g/mol. The highest BCUT2D eigenvalue weighted by Gasteiger charge is 2.33. The lowest BCUT2D eigenvalue weighted by atomic mass is 9.92. The molecule has 0 spiro atoms. The lowest BCUT2D eigenvalue weighted by Crippen LogP contribution is -2.43. The van der Waals surface area contributed by atoms with Crippen molar-refractivity contribution in [1.29, 1.82) is 0 Å². The quantitative estimate of drug-likeness (QED) is 0.764. The van der Waals surface area contributed by atoms with Gasteiger partial charge in [-0.25, -0.2) is 0 Å². The Balaban J connectivity index is 1.92. The van der Waals surface area contributed by atoms with Crippen LogP contribution in [0.25, 0.3) is 10.9 Å². The predicted octanol–water partition coefficient (Wildman–Crippen LogP) is 2.60. The summed E-state index contributed by atoms with van der Waals surface area (Å²) in [5, 5.41) is 1.25. The molecule has 0 aliphatic carbocycles. The number of amides is 1. The molecule has 0 saturated heterocycles. The average Bonchev–Trinajstić information content (AvgIpc) is 2.99. The smallest absolute Gasteiger partial charge is 0.237 e. The van der Waals surface area contributed by atoms with Gasteiger partial charge in [-0.1, -0.05) is 48.5 Å². The van der Waals surface area contributed by atoms with Crippen molar-refractivity contribution in [3.05, 3.63) is 71.4 Å². The number of aromatic nitrogens is 1. The Morgan fingerprint density at radius 3 is 2.65 bits per heavy atom. The summed E-state index contributed by atoms with van der Waals surface area (Å²) >= 11 is 0. The normalized spacial score (nSPS) is 17.3. The molecule has 1 aliphatic rings. The van der Waals surface area contributed by atoms with E-state index in [0.717, 1.165) is 23.2 Å². The highest BCUT2D eigenvalue weighted by Crippen LogP contribution is 2.38. The first kappa shape index (κ1) is 14.0. The Morgan fingerprint density at radius 2 is 1.87 bits per heavy atom. The van der Waals surface area contributed by atoms with Crippen molar-refractivity contribution in [2.75, 3.05) is 13.1 Å². The molecule has 23 heavy (non-hydrogen) atoms. The fourth-order valence-electron chi connectivity index (χ4n) is 3.61. The summed E-state index contributed by atoms with van der Waals surface area (Å²) in [5.74, 6) is -0.0110. The number of hydrogen-bond donors (Lipinski definition) is 2. The van der Waals surface area contributed by atoms with Gasteiger partial charge in [0.25, 0.3) is 0 Å². The molecule has 0 unspecified atom stereocenters. The van der Waals surface area contributed by atoms with Crippen molar-refractivity contribution in [1.82, 2.24) is 9.88 Å². The Kier molecular flexibility index (Phi) is 3.39. The number of carbonyl (C=O) groups is 1. The molecule has 0 fully saturated rings. The minimum absolute atomic E-state index is 0.0110. The Bertz CT molecular complexity index is 853. The van der Waals surface area contributed by atoms with Gasteiger partial charge in [0, 0.05) is 23.1 Å². The lowest BCUT2D eigenvalue weighted by Gasteiger charge is -2.36. The van der Waals surface area contributed by atoms with Crippen LogP contribution in [0.5, 0.6) is 0 Å². The van der Waals surface area contributed by atoms with E-state index in [0.29, 0.717) is 6.54 Å². The van der Waals surface area contributed by atoms with Gasteiger partial charge in [0.2, 0.25) is 5.91 Å². The van der Waals surface area contributed by atoms with Gasteiger partial charge in [-0.2, -0.15) is 0 Å². The summed E-state index contributed by atoms with van der Waals surface area (Å²) in [6, 6.07) is 18.4. The van der Waals surface area contributed by atoms with Gasteiger partial charge in [0.15, 0.2) is 0 Å². The number of fused-ring (bicyclic) bond motifs is 3. The topological polar surface area (TPSA) is 62.1 Å². The van der Waals surface area contributed by atoms with E-state index < -0.39 is 0 Å². The zero-order valence-electron chi connectivity index (χ0n) is 12.8. The van der Waals surface area contributed by atoms with E-state index in [1.807, 2.05) is 29.2 Å². The van der Waals surface area contributed by atoms with E-state index in [-0.39, 0.29) is 18.5 Å². The maximum absolute atomic E-state index is 12.4. The van der Waals surface area contributed by atoms with Crippen LogP contribution in [0.1, 0.15) is 22.9 Å². The molecule has 1 aromatic heterocycles. The highest BCUT2D eigenvalue weighted by molar-refractivity contribution is 5.86. The van der Waals surface area contributed by atoms with Gasteiger partial charge in [-0.05, 0) is 23.6 Å². The second-order valence-corrected chi connectivity index (χ2v) is 5.92. The second kappa shape index (κ2) is 5.56. The van der Waals surface area contributed by atoms with Crippen LogP contribution in [0.15, 0.2) is 54.6 Å². The molecule has 116 valence electrons. The monoisotopic (exact) mass is 305 g/mol. The Morgan fingerprint density at radius 1 is 1.13 bits per heavy atom. The minimum atomic E-state index is -0.0941. The number of nitrogens with one attached hydrogen (secondary N) is 1. The third-order valence-electron chi connectivity index (χ3n) is 4.64. The molecule has 1 amide bonds. The van der Waals surface area contributed by atoms with Crippen LogP contribution in [0.4, 0.5) is 0 Å². The number of hydrogen-bond acceptors (Lipinski definition) is 2. The predicted molar refractivity (Wildman–Crippen MR) is 91.1 cm³/mol. The van der Waals surface area contributed by atoms with Crippen molar-refractivity contribution in [3.8, 4) is 0 Å². The lowest BCUT2D eigenvalue weighted by molar-refractivity contribution is -0.131. The summed E-state index contributed by atoms with van der Waals surface area (Å²) in [5.41, 5.74) is 10.3. The van der Waals surface area contributed by atoms with Crippen molar-refractivity contribution < 1.29 is 4.79 Å². The number of aromatic amines is 1.